The fraction of sp³-hybridized carbons (Fsp3) is 0.0833. The van der Waals surface area contributed by atoms with Crippen molar-refractivity contribution in [3.63, 3.8) is 0 Å². The van der Waals surface area contributed by atoms with E-state index in [1.165, 1.54) is 60.4 Å². The van der Waals surface area contributed by atoms with Crippen LogP contribution in [0.25, 0.3) is 44.7 Å². The van der Waals surface area contributed by atoms with Crippen molar-refractivity contribution in [1.29, 1.82) is 0 Å². The Balaban J connectivity index is 0.993. The van der Waals surface area contributed by atoms with Gasteiger partial charge in [0.2, 0.25) is 0 Å². The number of rotatable bonds is 9. The Kier molecular flexibility index (Phi) is 11.6. The molecule has 2 aromatic heterocycles. The lowest BCUT2D eigenvalue weighted by Crippen LogP contribution is -2.57. The lowest BCUT2D eigenvalue weighted by molar-refractivity contribution is -0.571. The molecule has 3 aliphatic heterocycles. The molecule has 0 atom stereocenters. The fourth-order valence-electron chi connectivity index (χ4n) is 13.8. The molecule has 0 spiro atoms. The summed E-state index contributed by atoms with van der Waals surface area (Å²) in [6, 6.07) is 89.2. The number of nitrogens with zero attached hydrogens (tertiary/aromatic N) is 7. The summed E-state index contributed by atoms with van der Waals surface area (Å²) >= 11 is 0. The van der Waals surface area contributed by atoms with Gasteiger partial charge in [-0.25, -0.2) is 4.98 Å². The molecule has 3 aliphatic rings. The van der Waals surface area contributed by atoms with E-state index in [2.05, 4.69) is 318 Å². The maximum absolute atomic E-state index is 5.25. The summed E-state index contributed by atoms with van der Waals surface area (Å²) in [5.41, 5.74) is 24.5. The van der Waals surface area contributed by atoms with Crippen LogP contribution >= 0.6 is 0 Å². The molecule has 10 heteroatoms. The second-order valence-corrected chi connectivity index (χ2v) is 27.1. The van der Waals surface area contributed by atoms with E-state index >= 15 is 0 Å². The van der Waals surface area contributed by atoms with Crippen molar-refractivity contribution in [2.45, 2.75) is 40.8 Å². The van der Waals surface area contributed by atoms with Gasteiger partial charge in [0.05, 0.1) is 39.5 Å². The molecule has 7 nitrogen and oxygen atoms in total. The van der Waals surface area contributed by atoms with E-state index < -0.39 is 8.07 Å². The van der Waals surface area contributed by atoms with E-state index in [1.807, 2.05) is 6.20 Å². The van der Waals surface area contributed by atoms with Crippen molar-refractivity contribution in [2.75, 3.05) is 19.2 Å². The molecule has 0 saturated carbocycles. The summed E-state index contributed by atoms with van der Waals surface area (Å²) in [6.07, 6.45) is 6.06. The highest BCUT2D eigenvalue weighted by Crippen LogP contribution is 2.51. The number of aryl methyl sites for hydroxylation is 4. The molecule has 0 N–H and O–H groups in total. The fourth-order valence-corrected chi connectivity index (χ4v) is 16.8. The van der Waals surface area contributed by atoms with Crippen LogP contribution in [0.2, 0.25) is 13.1 Å². The SMILES string of the molecule is Cc1cccc(C)c1B1N(c2cccc(N3B(c4c(C)cccc4C)N(c4ccccc4)c4cccnc43)c2)c2cc3c(cc2N1c1ccccc1)[Si](C)(C)c1cccc2c1n-3[c-][n+]2-c1c(-c2ccccc2)cccc1-c1ccccc1. The average Bonchev–Trinajstić information content (AvgIpc) is 1.78. The van der Waals surface area contributed by atoms with Crippen LogP contribution < -0.4 is 45.1 Å². The molecule has 0 unspecified atom stereocenters. The van der Waals surface area contributed by atoms with Crippen molar-refractivity contribution in [2.24, 2.45) is 0 Å². The average molecular weight is 1070 g/mol. The molecule has 0 radical (unpaired) electrons. The molecule has 0 amide bonds. The Hall–Kier alpha value is -9.63. The van der Waals surface area contributed by atoms with Crippen LogP contribution in [-0.2, 0) is 0 Å². The van der Waals surface area contributed by atoms with E-state index in [9.17, 15) is 0 Å². The van der Waals surface area contributed by atoms with E-state index in [0.29, 0.717) is 0 Å². The first-order valence-electron chi connectivity index (χ1n) is 28.5. The molecular formula is C72H59B2N7Si. The lowest BCUT2D eigenvalue weighted by atomic mass is 9.60. The molecule has 5 heterocycles. The first kappa shape index (κ1) is 49.4. The van der Waals surface area contributed by atoms with Crippen LogP contribution in [0.3, 0.4) is 0 Å². The minimum Gasteiger partial charge on any atom is -0.360 e. The third kappa shape index (κ3) is 7.58. The van der Waals surface area contributed by atoms with Crippen molar-refractivity contribution < 1.29 is 4.57 Å². The first-order valence-corrected chi connectivity index (χ1v) is 31.5. The van der Waals surface area contributed by atoms with Crippen molar-refractivity contribution in [3.05, 3.63) is 277 Å². The quantitative estimate of drug-likeness (QED) is 0.0818. The van der Waals surface area contributed by atoms with Crippen molar-refractivity contribution >= 4 is 100 Å². The second kappa shape index (κ2) is 19.3. The summed E-state index contributed by atoms with van der Waals surface area (Å²) in [7, 11) is -2.46. The standard InChI is InChI=1S/C72H59B2N7Si/c1-49-25-19-26-50(2)68(49)73-79(56-35-17-10-18-36-56)64-47-67-65(77-48-76(61-41-23-43-66(71(61)77)82(67,5)6)70-59(53-29-11-7-12-30-53)39-22-40-60(70)54-31-13-8-14-32-54)46-63(64)80(73)57-37-21-38-58(45-57)81-72-62(42-24-44-75-72)78(55-33-15-9-16-34-55)74(81)69-51(3)27-20-28-52(69)4/h7-47H,1-6H3. The van der Waals surface area contributed by atoms with Gasteiger partial charge in [0, 0.05) is 28.9 Å². The molecule has 82 heavy (non-hydrogen) atoms. The van der Waals surface area contributed by atoms with Gasteiger partial charge in [-0.15, -0.1) is 0 Å². The smallest absolute Gasteiger partial charge is 0.360 e. The van der Waals surface area contributed by atoms with Gasteiger partial charge in [-0.2, -0.15) is 0 Å². The second-order valence-electron chi connectivity index (χ2n) is 22.7. The van der Waals surface area contributed by atoms with Crippen LogP contribution in [0.5, 0.6) is 0 Å². The zero-order valence-corrected chi connectivity index (χ0v) is 48.0. The molecule has 392 valence electrons. The van der Waals surface area contributed by atoms with Gasteiger partial charge in [-0.3, -0.25) is 9.13 Å². The molecule has 15 rings (SSSR count). The van der Waals surface area contributed by atoms with Gasteiger partial charge in [-0.05, 0) is 138 Å². The van der Waals surface area contributed by atoms with Gasteiger partial charge in [0.25, 0.3) is 6.33 Å². The Morgan fingerprint density at radius 3 is 1.45 bits per heavy atom. The number of para-hydroxylation sites is 4. The minimum absolute atomic E-state index is 0.225. The van der Waals surface area contributed by atoms with Crippen LogP contribution in [-0.4, -0.2) is 31.6 Å². The summed E-state index contributed by atoms with van der Waals surface area (Å²) in [5.74, 6) is 0.917. The minimum atomic E-state index is -2.46. The van der Waals surface area contributed by atoms with Crippen LogP contribution in [0.4, 0.5) is 45.6 Å². The molecule has 0 aliphatic carbocycles. The Labute approximate surface area is 482 Å². The number of hydrogen-bond donors (Lipinski definition) is 0. The van der Waals surface area contributed by atoms with E-state index in [-0.39, 0.29) is 14.0 Å². The monoisotopic (exact) mass is 1070 g/mol. The maximum atomic E-state index is 5.25. The van der Waals surface area contributed by atoms with Crippen LogP contribution in [0.15, 0.2) is 249 Å². The zero-order valence-electron chi connectivity index (χ0n) is 47.0. The number of pyridine rings is 1. The summed E-state index contributed by atoms with van der Waals surface area (Å²) in [6.45, 7) is 13.7. The van der Waals surface area contributed by atoms with Crippen molar-refractivity contribution in [3.8, 4) is 33.6 Å². The summed E-state index contributed by atoms with van der Waals surface area (Å²) in [5, 5.41) is 2.77. The normalized spacial score (nSPS) is 13.9. The molecule has 10 aromatic carbocycles. The highest BCUT2D eigenvalue weighted by atomic mass is 28.3. The van der Waals surface area contributed by atoms with E-state index in [1.54, 1.807) is 0 Å². The van der Waals surface area contributed by atoms with Crippen LogP contribution in [0, 0.1) is 34.0 Å². The van der Waals surface area contributed by atoms with Gasteiger partial charge < -0.3 is 19.2 Å². The Morgan fingerprint density at radius 1 is 0.402 bits per heavy atom. The van der Waals surface area contributed by atoms with E-state index in [4.69, 9.17) is 4.98 Å². The zero-order chi connectivity index (χ0) is 55.4. The number of anilines is 8. The molecule has 0 saturated heterocycles. The summed E-state index contributed by atoms with van der Waals surface area (Å²) in [4.78, 5) is 15.4. The molecule has 12 aromatic rings. The maximum Gasteiger partial charge on any atom is 0.422 e. The topological polar surface area (TPSA) is 34.7 Å². The van der Waals surface area contributed by atoms with Gasteiger partial charge in [-0.1, -0.05) is 211 Å². The summed E-state index contributed by atoms with van der Waals surface area (Å²) < 4.78 is 4.77. The molecule has 0 bridgehead atoms. The number of aromatic nitrogens is 3. The van der Waals surface area contributed by atoms with Gasteiger partial charge in [0.15, 0.2) is 0 Å². The third-order valence-electron chi connectivity index (χ3n) is 17.6. The lowest BCUT2D eigenvalue weighted by Gasteiger charge is -2.34. The molecular weight excluding hydrogens is 1010 g/mol. The van der Waals surface area contributed by atoms with Gasteiger partial charge >= 0.3 is 14.0 Å². The number of imidazole rings is 1. The predicted octanol–water partition coefficient (Wildman–Crippen LogP) is 14.2. The Bertz CT molecular complexity index is 4380. The first-order chi connectivity index (χ1) is 40.2. The predicted molar refractivity (Wildman–Crippen MR) is 346 cm³/mol. The number of fused-ring (bicyclic) bond motifs is 4. The number of hydrogen-bond acceptors (Lipinski definition) is 5. The number of benzene rings is 10. The molecule has 0 fully saturated rings. The van der Waals surface area contributed by atoms with Crippen molar-refractivity contribution in [1.82, 2.24) is 9.55 Å². The third-order valence-corrected chi connectivity index (χ3v) is 21.1. The van der Waals surface area contributed by atoms with Gasteiger partial charge in [0.1, 0.15) is 13.9 Å². The highest BCUT2D eigenvalue weighted by Gasteiger charge is 2.49. The van der Waals surface area contributed by atoms with E-state index in [0.717, 1.165) is 73.4 Å². The largest absolute Gasteiger partial charge is 0.422 e. The van der Waals surface area contributed by atoms with Crippen LogP contribution in [0.1, 0.15) is 22.3 Å². The Morgan fingerprint density at radius 2 is 0.866 bits per heavy atom. The highest BCUT2D eigenvalue weighted by molar-refractivity contribution is 7.03.